The molecule has 27 heavy (non-hydrogen) atoms. The third-order valence-electron chi connectivity index (χ3n) is 4.09. The average molecular weight is 438 g/mol. The van der Waals surface area contributed by atoms with Crippen molar-refractivity contribution in [2.45, 2.75) is 12.8 Å². The van der Waals surface area contributed by atoms with E-state index < -0.39 is 0 Å². The number of hydrogen-bond acceptors (Lipinski definition) is 4. The molecule has 2 aromatic carbocycles. The molecule has 1 heterocycles. The Kier molecular flexibility index (Phi) is 6.82. The van der Waals surface area contributed by atoms with Crippen LogP contribution in [-0.2, 0) is 11.2 Å². The summed E-state index contributed by atoms with van der Waals surface area (Å²) in [4.78, 5) is 15.0. The molecule has 140 valence electrons. The van der Waals surface area contributed by atoms with Crippen LogP contribution < -0.4 is 4.74 Å². The first-order chi connectivity index (χ1) is 13.0. The Hall–Kier alpha value is -1.53. The molecular weight excluding hydrogens is 421 g/mol. The van der Waals surface area contributed by atoms with Gasteiger partial charge in [0.05, 0.1) is 17.0 Å². The molecule has 0 unspecified atom stereocenters. The standard InChI is InChI=1S/C20H17Cl2NO2S2/c1-25-18-14(10-15(21)12-16(18)22)11-17-19(24)23(20(26)27-17)9-5-8-13-6-3-2-4-7-13/h2-4,6-7,10-12H,5,8-9H2,1H3. The van der Waals surface area contributed by atoms with Gasteiger partial charge in [-0.15, -0.1) is 0 Å². The van der Waals surface area contributed by atoms with Crippen molar-refractivity contribution in [1.29, 1.82) is 0 Å². The first kappa shape index (κ1) is 20.2. The lowest BCUT2D eigenvalue weighted by Crippen LogP contribution is -2.29. The third kappa shape index (κ3) is 4.85. The number of methoxy groups -OCH3 is 1. The van der Waals surface area contributed by atoms with E-state index in [1.54, 1.807) is 23.1 Å². The first-order valence-corrected chi connectivity index (χ1v) is 10.3. The molecule has 1 aliphatic rings. The summed E-state index contributed by atoms with van der Waals surface area (Å²) in [6, 6.07) is 13.5. The van der Waals surface area contributed by atoms with Gasteiger partial charge in [0.2, 0.25) is 0 Å². The largest absolute Gasteiger partial charge is 0.495 e. The lowest BCUT2D eigenvalue weighted by atomic mass is 10.1. The van der Waals surface area contributed by atoms with Crippen LogP contribution >= 0.6 is 47.2 Å². The summed E-state index contributed by atoms with van der Waals surface area (Å²) >= 11 is 18.9. The van der Waals surface area contributed by atoms with E-state index in [4.69, 9.17) is 40.2 Å². The zero-order valence-electron chi connectivity index (χ0n) is 14.6. The number of thiocarbonyl (C=S) groups is 1. The number of aryl methyl sites for hydroxylation is 1. The summed E-state index contributed by atoms with van der Waals surface area (Å²) in [5.41, 5.74) is 1.90. The Bertz CT molecular complexity index is 900. The number of halogens is 2. The van der Waals surface area contributed by atoms with Gasteiger partial charge in [0.25, 0.3) is 5.91 Å². The Balaban J connectivity index is 1.73. The molecule has 1 fully saturated rings. The fourth-order valence-corrected chi connectivity index (χ4v) is 4.71. The summed E-state index contributed by atoms with van der Waals surface area (Å²) in [5.74, 6) is 0.381. The fraction of sp³-hybridized carbons (Fsp3) is 0.200. The normalized spacial score (nSPS) is 15.7. The molecule has 0 spiro atoms. The molecule has 1 amide bonds. The summed E-state index contributed by atoms with van der Waals surface area (Å²) in [5, 5.41) is 0.875. The maximum atomic E-state index is 12.8. The van der Waals surface area contributed by atoms with Gasteiger partial charge < -0.3 is 4.74 Å². The SMILES string of the molecule is COc1c(Cl)cc(Cl)cc1C=C1SC(=S)N(CCCc2ccccc2)C1=O. The number of carbonyl (C=O) groups is 1. The van der Waals surface area contributed by atoms with Crippen LogP contribution in [0.25, 0.3) is 6.08 Å². The molecule has 1 aliphatic heterocycles. The molecular formula is C20H17Cl2NO2S2. The van der Waals surface area contributed by atoms with Gasteiger partial charge >= 0.3 is 0 Å². The van der Waals surface area contributed by atoms with E-state index in [1.165, 1.54) is 24.4 Å². The van der Waals surface area contributed by atoms with Crippen LogP contribution in [-0.4, -0.2) is 28.8 Å². The Morgan fingerprint density at radius 1 is 1.22 bits per heavy atom. The molecule has 0 atom stereocenters. The van der Waals surface area contributed by atoms with Crippen molar-refractivity contribution < 1.29 is 9.53 Å². The van der Waals surface area contributed by atoms with Crippen LogP contribution in [0, 0.1) is 0 Å². The van der Waals surface area contributed by atoms with Crippen molar-refractivity contribution in [3.8, 4) is 5.75 Å². The lowest BCUT2D eigenvalue weighted by molar-refractivity contribution is -0.122. The lowest BCUT2D eigenvalue weighted by Gasteiger charge is -2.14. The summed E-state index contributed by atoms with van der Waals surface area (Å²) in [7, 11) is 1.53. The van der Waals surface area contributed by atoms with Crippen LogP contribution in [0.4, 0.5) is 0 Å². The second kappa shape index (κ2) is 9.11. The number of thioether (sulfide) groups is 1. The molecule has 3 nitrogen and oxygen atoms in total. The highest BCUT2D eigenvalue weighted by Crippen LogP contribution is 2.38. The second-order valence-corrected chi connectivity index (χ2v) is 8.45. The van der Waals surface area contributed by atoms with Crippen molar-refractivity contribution in [1.82, 2.24) is 4.90 Å². The Labute approximate surface area is 178 Å². The monoisotopic (exact) mass is 437 g/mol. The van der Waals surface area contributed by atoms with Crippen molar-refractivity contribution in [3.05, 3.63) is 68.5 Å². The first-order valence-electron chi connectivity index (χ1n) is 8.32. The minimum Gasteiger partial charge on any atom is -0.495 e. The van der Waals surface area contributed by atoms with Gasteiger partial charge in [0, 0.05) is 17.1 Å². The number of ether oxygens (including phenoxy) is 1. The molecule has 0 saturated carbocycles. The third-order valence-corrected chi connectivity index (χ3v) is 5.97. The highest BCUT2D eigenvalue weighted by Gasteiger charge is 2.31. The van der Waals surface area contributed by atoms with Crippen molar-refractivity contribution in [2.75, 3.05) is 13.7 Å². The smallest absolute Gasteiger partial charge is 0.266 e. The summed E-state index contributed by atoms with van der Waals surface area (Å²) in [6.45, 7) is 0.588. The topological polar surface area (TPSA) is 29.5 Å². The van der Waals surface area contributed by atoms with Gasteiger partial charge in [0.1, 0.15) is 10.1 Å². The van der Waals surface area contributed by atoms with Crippen molar-refractivity contribution in [3.63, 3.8) is 0 Å². The van der Waals surface area contributed by atoms with E-state index in [1.807, 2.05) is 18.2 Å². The predicted molar refractivity (Wildman–Crippen MR) is 118 cm³/mol. The number of nitrogens with zero attached hydrogens (tertiary/aromatic N) is 1. The van der Waals surface area contributed by atoms with E-state index in [0.717, 1.165) is 12.8 Å². The minimum absolute atomic E-state index is 0.101. The number of amides is 1. The van der Waals surface area contributed by atoms with Crippen molar-refractivity contribution in [2.24, 2.45) is 0 Å². The Morgan fingerprint density at radius 3 is 2.67 bits per heavy atom. The molecule has 0 radical (unpaired) electrons. The maximum Gasteiger partial charge on any atom is 0.266 e. The zero-order valence-corrected chi connectivity index (χ0v) is 17.7. The average Bonchev–Trinajstić information content (AvgIpc) is 2.90. The number of rotatable bonds is 6. The maximum absolute atomic E-state index is 12.8. The molecule has 0 bridgehead atoms. The molecule has 0 aromatic heterocycles. The quantitative estimate of drug-likeness (QED) is 0.419. The minimum atomic E-state index is -0.101. The van der Waals surface area contributed by atoms with Crippen LogP contribution in [0.1, 0.15) is 17.5 Å². The molecule has 0 N–H and O–H groups in total. The molecule has 1 saturated heterocycles. The van der Waals surface area contributed by atoms with Crippen molar-refractivity contribution >= 4 is 63.5 Å². The summed E-state index contributed by atoms with van der Waals surface area (Å²) in [6.07, 6.45) is 3.47. The highest BCUT2D eigenvalue weighted by atomic mass is 35.5. The van der Waals surface area contributed by atoms with E-state index in [-0.39, 0.29) is 5.91 Å². The van der Waals surface area contributed by atoms with Gasteiger partial charge in [-0.3, -0.25) is 9.69 Å². The van der Waals surface area contributed by atoms with Gasteiger partial charge in [-0.05, 0) is 36.6 Å². The zero-order chi connectivity index (χ0) is 19.4. The van der Waals surface area contributed by atoms with Gasteiger partial charge in [-0.2, -0.15) is 0 Å². The molecule has 3 rings (SSSR count). The number of carbonyl (C=O) groups excluding carboxylic acids is 1. The van der Waals surface area contributed by atoms with Gasteiger partial charge in [-0.25, -0.2) is 0 Å². The van der Waals surface area contributed by atoms with Gasteiger partial charge in [-0.1, -0.05) is 77.5 Å². The van der Waals surface area contributed by atoms with E-state index in [0.29, 0.717) is 37.1 Å². The number of hydrogen-bond donors (Lipinski definition) is 0. The van der Waals surface area contributed by atoms with Crippen LogP contribution in [0.2, 0.25) is 10.0 Å². The molecule has 7 heteroatoms. The predicted octanol–water partition coefficient (Wildman–Crippen LogP) is 5.84. The van der Waals surface area contributed by atoms with Crippen LogP contribution in [0.5, 0.6) is 5.75 Å². The van der Waals surface area contributed by atoms with E-state index >= 15 is 0 Å². The van der Waals surface area contributed by atoms with E-state index in [2.05, 4.69) is 12.1 Å². The van der Waals surface area contributed by atoms with E-state index in [9.17, 15) is 4.79 Å². The number of benzene rings is 2. The second-order valence-electron chi connectivity index (χ2n) is 5.93. The van der Waals surface area contributed by atoms with Crippen LogP contribution in [0.3, 0.4) is 0 Å². The fourth-order valence-electron chi connectivity index (χ4n) is 2.82. The highest BCUT2D eigenvalue weighted by molar-refractivity contribution is 8.26. The molecule has 2 aromatic rings. The summed E-state index contributed by atoms with van der Waals surface area (Å²) < 4.78 is 5.90. The molecule has 0 aliphatic carbocycles. The Morgan fingerprint density at radius 2 is 1.96 bits per heavy atom. The van der Waals surface area contributed by atoms with Crippen LogP contribution in [0.15, 0.2) is 47.4 Å². The van der Waals surface area contributed by atoms with Gasteiger partial charge in [0.15, 0.2) is 0 Å².